The molecule has 0 spiro atoms. The van der Waals surface area contributed by atoms with Gasteiger partial charge in [-0.15, -0.1) is 0 Å². The number of urea groups is 1. The van der Waals surface area contributed by atoms with Crippen molar-refractivity contribution in [2.24, 2.45) is 5.92 Å². The molecule has 2 atom stereocenters. The predicted octanol–water partition coefficient (Wildman–Crippen LogP) is 0.350. The second kappa shape index (κ2) is 3.42. The zero-order valence-corrected chi connectivity index (χ0v) is 9.16. The largest absolute Gasteiger partial charge is 0.341 e. The molecule has 2 rings (SSSR count). The van der Waals surface area contributed by atoms with E-state index >= 15 is 0 Å². The lowest BCUT2D eigenvalue weighted by Crippen LogP contribution is -2.58. The molecule has 2 amide bonds. The molecule has 0 aliphatic carbocycles. The molecular weight excluding hydrogens is 178 g/mol. The standard InChI is InChI=1S/C10H19N3O/c1-7(2)13-5-8-4-12(6-9(8)13)10(14)11-3/h7-9H,4-6H2,1-3H3,(H,11,14). The fourth-order valence-electron chi connectivity index (χ4n) is 2.60. The Balaban J connectivity index is 1.92. The predicted molar refractivity (Wildman–Crippen MR) is 55.1 cm³/mol. The first-order valence-corrected chi connectivity index (χ1v) is 5.36. The highest BCUT2D eigenvalue weighted by atomic mass is 16.2. The van der Waals surface area contributed by atoms with Crippen molar-refractivity contribution < 1.29 is 4.79 Å². The van der Waals surface area contributed by atoms with Gasteiger partial charge in [-0.2, -0.15) is 0 Å². The number of amides is 2. The summed E-state index contributed by atoms with van der Waals surface area (Å²) in [5.74, 6) is 0.717. The van der Waals surface area contributed by atoms with Crippen LogP contribution in [0.3, 0.4) is 0 Å². The topological polar surface area (TPSA) is 35.6 Å². The highest BCUT2D eigenvalue weighted by Crippen LogP contribution is 2.33. The Kier molecular flexibility index (Phi) is 2.39. The zero-order valence-electron chi connectivity index (χ0n) is 9.16. The van der Waals surface area contributed by atoms with Crippen LogP contribution in [0.2, 0.25) is 0 Å². The van der Waals surface area contributed by atoms with Crippen LogP contribution in [-0.2, 0) is 0 Å². The van der Waals surface area contributed by atoms with Gasteiger partial charge in [0.15, 0.2) is 0 Å². The van der Waals surface area contributed by atoms with E-state index in [1.54, 1.807) is 7.05 Å². The fraction of sp³-hybridized carbons (Fsp3) is 0.900. The van der Waals surface area contributed by atoms with Crippen LogP contribution in [0.5, 0.6) is 0 Å². The van der Waals surface area contributed by atoms with Crippen molar-refractivity contribution >= 4 is 6.03 Å². The summed E-state index contributed by atoms with van der Waals surface area (Å²) in [6.07, 6.45) is 0. The molecule has 0 aromatic rings. The fourth-order valence-corrected chi connectivity index (χ4v) is 2.60. The molecule has 2 heterocycles. The van der Waals surface area contributed by atoms with Crippen LogP contribution >= 0.6 is 0 Å². The van der Waals surface area contributed by atoms with E-state index in [2.05, 4.69) is 24.1 Å². The molecule has 0 radical (unpaired) electrons. The second-order valence-electron chi connectivity index (χ2n) is 4.58. The quantitative estimate of drug-likeness (QED) is 0.658. The summed E-state index contributed by atoms with van der Waals surface area (Å²) in [7, 11) is 1.70. The maximum absolute atomic E-state index is 11.4. The molecule has 4 heteroatoms. The average molecular weight is 197 g/mol. The van der Waals surface area contributed by atoms with E-state index in [0.29, 0.717) is 12.1 Å². The van der Waals surface area contributed by atoms with Crippen LogP contribution in [0.15, 0.2) is 0 Å². The molecule has 2 unspecified atom stereocenters. The van der Waals surface area contributed by atoms with Crippen molar-refractivity contribution in [2.45, 2.75) is 25.9 Å². The van der Waals surface area contributed by atoms with Crippen LogP contribution in [-0.4, -0.2) is 54.6 Å². The van der Waals surface area contributed by atoms with Crippen molar-refractivity contribution in [2.75, 3.05) is 26.7 Å². The number of hydrogen-bond acceptors (Lipinski definition) is 2. The number of nitrogens with zero attached hydrogens (tertiary/aromatic N) is 2. The van der Waals surface area contributed by atoms with Gasteiger partial charge in [-0.1, -0.05) is 0 Å². The number of rotatable bonds is 1. The summed E-state index contributed by atoms with van der Waals surface area (Å²) in [5.41, 5.74) is 0. The van der Waals surface area contributed by atoms with E-state index in [4.69, 9.17) is 0 Å². The summed E-state index contributed by atoms with van der Waals surface area (Å²) < 4.78 is 0. The maximum Gasteiger partial charge on any atom is 0.317 e. The molecule has 0 bridgehead atoms. The molecule has 0 aromatic heterocycles. The minimum Gasteiger partial charge on any atom is -0.341 e. The van der Waals surface area contributed by atoms with Crippen molar-refractivity contribution in [3.8, 4) is 0 Å². The number of hydrogen-bond donors (Lipinski definition) is 1. The van der Waals surface area contributed by atoms with Gasteiger partial charge in [0.2, 0.25) is 0 Å². The van der Waals surface area contributed by atoms with E-state index in [0.717, 1.165) is 25.6 Å². The molecule has 2 aliphatic heterocycles. The van der Waals surface area contributed by atoms with E-state index in [9.17, 15) is 4.79 Å². The minimum atomic E-state index is 0.0723. The van der Waals surface area contributed by atoms with Gasteiger partial charge in [0.25, 0.3) is 0 Å². The molecule has 0 aromatic carbocycles. The summed E-state index contributed by atoms with van der Waals surface area (Å²) >= 11 is 0. The van der Waals surface area contributed by atoms with Crippen molar-refractivity contribution in [3.63, 3.8) is 0 Å². The van der Waals surface area contributed by atoms with Crippen LogP contribution in [0.4, 0.5) is 4.79 Å². The van der Waals surface area contributed by atoms with Crippen LogP contribution in [0.25, 0.3) is 0 Å². The Hall–Kier alpha value is -0.770. The molecular formula is C10H19N3O. The summed E-state index contributed by atoms with van der Waals surface area (Å²) in [6, 6.07) is 1.30. The van der Waals surface area contributed by atoms with Crippen LogP contribution < -0.4 is 5.32 Å². The molecule has 14 heavy (non-hydrogen) atoms. The zero-order chi connectivity index (χ0) is 10.3. The molecule has 1 N–H and O–H groups in total. The van der Waals surface area contributed by atoms with Gasteiger partial charge in [-0.3, -0.25) is 4.90 Å². The van der Waals surface area contributed by atoms with Crippen LogP contribution in [0.1, 0.15) is 13.8 Å². The maximum atomic E-state index is 11.4. The van der Waals surface area contributed by atoms with Gasteiger partial charge in [-0.25, -0.2) is 4.79 Å². The highest BCUT2D eigenvalue weighted by Gasteiger charge is 2.47. The highest BCUT2D eigenvalue weighted by molar-refractivity contribution is 5.74. The summed E-state index contributed by atoms with van der Waals surface area (Å²) in [4.78, 5) is 15.8. The minimum absolute atomic E-state index is 0.0723. The summed E-state index contributed by atoms with van der Waals surface area (Å²) in [5, 5.41) is 2.69. The monoisotopic (exact) mass is 197 g/mol. The van der Waals surface area contributed by atoms with Gasteiger partial charge < -0.3 is 10.2 Å². The molecule has 4 nitrogen and oxygen atoms in total. The smallest absolute Gasteiger partial charge is 0.317 e. The summed E-state index contributed by atoms with van der Waals surface area (Å²) in [6.45, 7) is 7.45. The Labute approximate surface area is 85.2 Å². The van der Waals surface area contributed by atoms with Crippen LogP contribution in [0, 0.1) is 5.92 Å². The van der Waals surface area contributed by atoms with E-state index in [-0.39, 0.29) is 6.03 Å². The number of carbonyl (C=O) groups excluding carboxylic acids is 1. The van der Waals surface area contributed by atoms with Crippen molar-refractivity contribution in [1.82, 2.24) is 15.1 Å². The number of fused-ring (bicyclic) bond motifs is 1. The Bertz CT molecular complexity index is 242. The van der Waals surface area contributed by atoms with Gasteiger partial charge in [0.1, 0.15) is 0 Å². The van der Waals surface area contributed by atoms with Gasteiger partial charge in [0, 0.05) is 44.7 Å². The van der Waals surface area contributed by atoms with Gasteiger partial charge >= 0.3 is 6.03 Å². The van der Waals surface area contributed by atoms with Gasteiger partial charge in [-0.05, 0) is 13.8 Å². The van der Waals surface area contributed by atoms with Crippen molar-refractivity contribution in [1.29, 1.82) is 0 Å². The lowest BCUT2D eigenvalue weighted by Gasteiger charge is -2.46. The van der Waals surface area contributed by atoms with E-state index in [1.165, 1.54) is 0 Å². The normalized spacial score (nSPS) is 31.6. The lowest BCUT2D eigenvalue weighted by atomic mass is 9.90. The Morgan fingerprint density at radius 2 is 2.07 bits per heavy atom. The SMILES string of the molecule is CNC(=O)N1CC2CN(C(C)C)C2C1. The van der Waals surface area contributed by atoms with E-state index < -0.39 is 0 Å². The molecule has 2 fully saturated rings. The van der Waals surface area contributed by atoms with Gasteiger partial charge in [0.05, 0.1) is 0 Å². The Morgan fingerprint density at radius 3 is 2.64 bits per heavy atom. The first kappa shape index (κ1) is 9.77. The third kappa shape index (κ3) is 1.38. The molecule has 2 aliphatic rings. The first-order valence-electron chi connectivity index (χ1n) is 5.36. The van der Waals surface area contributed by atoms with E-state index in [1.807, 2.05) is 4.90 Å². The lowest BCUT2D eigenvalue weighted by molar-refractivity contribution is 0.0216. The number of carbonyl (C=O) groups is 1. The average Bonchev–Trinajstić information content (AvgIpc) is 2.43. The molecule has 0 saturated carbocycles. The second-order valence-corrected chi connectivity index (χ2v) is 4.58. The van der Waals surface area contributed by atoms with Crippen molar-refractivity contribution in [3.05, 3.63) is 0 Å². The Morgan fingerprint density at radius 1 is 1.36 bits per heavy atom. The number of likely N-dealkylation sites (tertiary alicyclic amines) is 2. The molecule has 80 valence electrons. The third-order valence-corrected chi connectivity index (χ3v) is 3.44. The first-order chi connectivity index (χ1) is 6.63. The number of nitrogens with one attached hydrogen (secondary N) is 1. The third-order valence-electron chi connectivity index (χ3n) is 3.44. The molecule has 2 saturated heterocycles.